The Hall–Kier alpha value is -3.15. The van der Waals surface area contributed by atoms with Crippen LogP contribution in [0.2, 0.25) is 0 Å². The van der Waals surface area contributed by atoms with Gasteiger partial charge >= 0.3 is 13.2 Å². The van der Waals surface area contributed by atoms with Gasteiger partial charge in [-0.25, -0.2) is 9.18 Å². The molecule has 2 saturated heterocycles. The van der Waals surface area contributed by atoms with Gasteiger partial charge < -0.3 is 29.7 Å². The summed E-state index contributed by atoms with van der Waals surface area (Å²) in [6, 6.07) is 11.1. The van der Waals surface area contributed by atoms with Crippen LogP contribution in [-0.4, -0.2) is 74.7 Å². The normalized spacial score (nSPS) is 18.3. The Labute approximate surface area is 190 Å². The Kier molecular flexibility index (Phi) is 7.12. The van der Waals surface area contributed by atoms with E-state index in [9.17, 15) is 24.0 Å². The van der Waals surface area contributed by atoms with Gasteiger partial charge in [0.15, 0.2) is 0 Å². The van der Waals surface area contributed by atoms with Gasteiger partial charge in [0.2, 0.25) is 5.91 Å². The fraction of sp³-hybridized carbons (Fsp3) is 0.364. The monoisotopic (exact) mass is 457 g/mol. The number of nitrogens with one attached hydrogen (secondary N) is 1. The van der Waals surface area contributed by atoms with Gasteiger partial charge in [-0.15, -0.1) is 0 Å². The maximum atomic E-state index is 14.7. The van der Waals surface area contributed by atoms with Crippen LogP contribution >= 0.6 is 0 Å². The highest BCUT2D eigenvalue weighted by atomic mass is 19.1. The van der Waals surface area contributed by atoms with Crippen LogP contribution < -0.4 is 20.6 Å². The molecule has 0 aromatic heterocycles. The van der Waals surface area contributed by atoms with Crippen LogP contribution in [0.4, 0.5) is 20.6 Å². The second-order valence-electron chi connectivity index (χ2n) is 7.95. The zero-order valence-electron chi connectivity index (χ0n) is 17.9. The number of halogens is 1. The lowest BCUT2D eigenvalue weighted by Crippen LogP contribution is -2.37. The van der Waals surface area contributed by atoms with E-state index in [4.69, 9.17) is 9.47 Å². The summed E-state index contributed by atoms with van der Waals surface area (Å²) in [6.45, 7) is 2.59. The molecule has 11 heteroatoms. The van der Waals surface area contributed by atoms with Crippen LogP contribution in [0.3, 0.4) is 0 Å². The number of nitrogens with zero attached hydrogens (tertiary/aromatic N) is 2. The van der Waals surface area contributed by atoms with E-state index >= 15 is 0 Å². The standard InChI is InChI=1S/C22H25BFN3O6/c24-19-12-17(4-5-20(19)26-6-8-32-9-7-26)27-14-18(33-22(27)29)13-25-21(28)11-15-2-1-3-16(10-15)23(30)31/h1-5,10,12,18,30-31H,6-9,11,13-14H2,(H,25,28)/t18-/m0/s1. The van der Waals surface area contributed by atoms with Crippen molar-refractivity contribution < 1.29 is 33.5 Å². The lowest BCUT2D eigenvalue weighted by molar-refractivity contribution is -0.120. The zero-order chi connectivity index (χ0) is 23.4. The second-order valence-corrected chi connectivity index (χ2v) is 7.95. The Bertz CT molecular complexity index is 1020. The Morgan fingerprint density at radius 3 is 2.70 bits per heavy atom. The predicted octanol–water partition coefficient (Wildman–Crippen LogP) is 0.0262. The van der Waals surface area contributed by atoms with Crippen molar-refractivity contribution >= 4 is 36.0 Å². The van der Waals surface area contributed by atoms with Crippen molar-refractivity contribution in [2.45, 2.75) is 12.5 Å². The summed E-state index contributed by atoms with van der Waals surface area (Å²) in [6.07, 6.45) is -1.13. The fourth-order valence-electron chi connectivity index (χ4n) is 3.90. The summed E-state index contributed by atoms with van der Waals surface area (Å²) in [7, 11) is -1.61. The predicted molar refractivity (Wildman–Crippen MR) is 120 cm³/mol. The van der Waals surface area contributed by atoms with E-state index in [2.05, 4.69) is 5.32 Å². The maximum absolute atomic E-state index is 14.7. The second kappa shape index (κ2) is 10.2. The average Bonchev–Trinajstić information content (AvgIpc) is 3.19. The Balaban J connectivity index is 1.31. The van der Waals surface area contributed by atoms with Gasteiger partial charge in [0.05, 0.1) is 44.1 Å². The van der Waals surface area contributed by atoms with Gasteiger partial charge in [0, 0.05) is 13.1 Å². The van der Waals surface area contributed by atoms with E-state index in [0.29, 0.717) is 48.7 Å². The Morgan fingerprint density at radius 2 is 1.97 bits per heavy atom. The lowest BCUT2D eigenvalue weighted by Gasteiger charge is -2.29. The first kappa shape index (κ1) is 23.0. The lowest BCUT2D eigenvalue weighted by atomic mass is 9.79. The number of carbonyl (C=O) groups is 2. The summed E-state index contributed by atoms with van der Waals surface area (Å²) >= 11 is 0. The SMILES string of the molecule is O=C(Cc1cccc(B(O)O)c1)NC[C@H]1CN(c2ccc(N3CCOCC3)c(F)c2)C(=O)O1. The van der Waals surface area contributed by atoms with Crippen LogP contribution in [-0.2, 0) is 20.7 Å². The topological polar surface area (TPSA) is 112 Å². The fourth-order valence-corrected chi connectivity index (χ4v) is 3.90. The molecule has 0 bridgehead atoms. The zero-order valence-corrected chi connectivity index (χ0v) is 17.9. The molecule has 2 heterocycles. The molecule has 0 radical (unpaired) electrons. The van der Waals surface area contributed by atoms with Gasteiger partial charge in [-0.05, 0) is 29.2 Å². The number of hydrogen-bond acceptors (Lipinski definition) is 7. The smallest absolute Gasteiger partial charge is 0.442 e. The molecule has 0 aliphatic carbocycles. The summed E-state index contributed by atoms with van der Waals surface area (Å²) in [5.74, 6) is -0.718. The molecule has 2 aromatic rings. The maximum Gasteiger partial charge on any atom is 0.488 e. The molecule has 174 valence electrons. The van der Waals surface area contributed by atoms with Crippen molar-refractivity contribution in [1.29, 1.82) is 0 Å². The number of ether oxygens (including phenoxy) is 2. The largest absolute Gasteiger partial charge is 0.488 e. The van der Waals surface area contributed by atoms with Crippen molar-refractivity contribution in [2.24, 2.45) is 0 Å². The number of rotatable bonds is 7. The molecule has 3 N–H and O–H groups in total. The number of carbonyl (C=O) groups excluding carboxylic acids is 2. The number of morpholine rings is 1. The molecule has 0 spiro atoms. The number of benzene rings is 2. The molecule has 33 heavy (non-hydrogen) atoms. The van der Waals surface area contributed by atoms with Gasteiger partial charge in [-0.1, -0.05) is 24.3 Å². The molecule has 0 unspecified atom stereocenters. The minimum Gasteiger partial charge on any atom is -0.442 e. The first-order chi connectivity index (χ1) is 15.9. The highest BCUT2D eigenvalue weighted by Crippen LogP contribution is 2.28. The summed E-state index contributed by atoms with van der Waals surface area (Å²) in [5, 5.41) is 21.2. The van der Waals surface area contributed by atoms with E-state index < -0.39 is 25.1 Å². The highest BCUT2D eigenvalue weighted by molar-refractivity contribution is 6.58. The molecule has 2 amide bonds. The van der Waals surface area contributed by atoms with E-state index in [0.717, 1.165) is 0 Å². The number of hydrogen-bond donors (Lipinski definition) is 3. The van der Waals surface area contributed by atoms with Crippen molar-refractivity contribution in [1.82, 2.24) is 5.32 Å². The minimum absolute atomic E-state index is 0.0408. The van der Waals surface area contributed by atoms with E-state index in [1.807, 2.05) is 4.90 Å². The molecular weight excluding hydrogens is 432 g/mol. The first-order valence-electron chi connectivity index (χ1n) is 10.7. The van der Waals surface area contributed by atoms with Crippen molar-refractivity contribution in [3.8, 4) is 0 Å². The molecule has 2 aliphatic rings. The van der Waals surface area contributed by atoms with Crippen LogP contribution in [0.15, 0.2) is 42.5 Å². The van der Waals surface area contributed by atoms with Crippen LogP contribution in [0.1, 0.15) is 5.56 Å². The average molecular weight is 457 g/mol. The number of cyclic esters (lactones) is 1. The van der Waals surface area contributed by atoms with Gasteiger partial charge in [0.25, 0.3) is 0 Å². The summed E-state index contributed by atoms with van der Waals surface area (Å²) in [5.41, 5.74) is 1.78. The third-order valence-corrected chi connectivity index (χ3v) is 5.61. The van der Waals surface area contributed by atoms with Crippen LogP contribution in [0.5, 0.6) is 0 Å². The van der Waals surface area contributed by atoms with Gasteiger partial charge in [0.1, 0.15) is 11.9 Å². The molecule has 2 fully saturated rings. The van der Waals surface area contributed by atoms with Crippen molar-refractivity contribution in [3.05, 3.63) is 53.8 Å². The van der Waals surface area contributed by atoms with E-state index in [1.165, 1.54) is 17.0 Å². The highest BCUT2D eigenvalue weighted by Gasteiger charge is 2.33. The molecule has 2 aromatic carbocycles. The number of anilines is 2. The Morgan fingerprint density at radius 1 is 1.18 bits per heavy atom. The molecule has 1 atom stereocenters. The van der Waals surface area contributed by atoms with Gasteiger partial charge in [-0.2, -0.15) is 0 Å². The number of amides is 2. The summed E-state index contributed by atoms with van der Waals surface area (Å²) in [4.78, 5) is 27.8. The van der Waals surface area contributed by atoms with Crippen LogP contribution in [0.25, 0.3) is 0 Å². The molecule has 4 rings (SSSR count). The van der Waals surface area contributed by atoms with Crippen LogP contribution in [0, 0.1) is 5.82 Å². The summed E-state index contributed by atoms with van der Waals surface area (Å²) < 4.78 is 25.3. The third kappa shape index (κ3) is 5.62. The van der Waals surface area contributed by atoms with Gasteiger partial charge in [-0.3, -0.25) is 9.69 Å². The van der Waals surface area contributed by atoms with Crippen molar-refractivity contribution in [3.63, 3.8) is 0 Å². The third-order valence-electron chi connectivity index (χ3n) is 5.61. The van der Waals surface area contributed by atoms with Crippen molar-refractivity contribution in [2.75, 3.05) is 49.2 Å². The molecule has 9 nitrogen and oxygen atoms in total. The minimum atomic E-state index is -1.61. The first-order valence-corrected chi connectivity index (χ1v) is 10.7. The van der Waals surface area contributed by atoms with E-state index in [1.54, 1.807) is 30.3 Å². The molecular formula is C22H25BFN3O6. The quantitative estimate of drug-likeness (QED) is 0.503. The molecule has 0 saturated carbocycles. The van der Waals surface area contributed by atoms with E-state index in [-0.39, 0.29) is 25.4 Å². The molecule has 2 aliphatic heterocycles.